The predicted octanol–water partition coefficient (Wildman–Crippen LogP) is 2.77. The number of nitrogens with two attached hydrogens (primary N) is 1. The Hall–Kier alpha value is -1.12. The predicted molar refractivity (Wildman–Crippen MR) is 98.3 cm³/mol. The second-order valence-electron chi connectivity index (χ2n) is 4.17. The van der Waals surface area contributed by atoms with Crippen molar-refractivity contribution >= 4 is 35.6 Å². The molecule has 0 unspecified atom stereocenters. The fourth-order valence-electron chi connectivity index (χ4n) is 1.60. The summed E-state index contributed by atoms with van der Waals surface area (Å²) in [5, 5.41) is 3.07. The molecular formula is C15H24IN3O2. The average molecular weight is 405 g/mol. The number of aliphatic imine (C=N–C) groups is 1. The number of hydrogen-bond acceptors (Lipinski definition) is 3. The number of ether oxygens (including phenoxy) is 2. The van der Waals surface area contributed by atoms with E-state index >= 15 is 0 Å². The molecule has 0 bridgehead atoms. The first-order chi connectivity index (χ1) is 9.77. The van der Waals surface area contributed by atoms with Crippen LogP contribution in [0.1, 0.15) is 12.0 Å². The monoisotopic (exact) mass is 405 g/mol. The van der Waals surface area contributed by atoms with Gasteiger partial charge in [-0.25, -0.2) is 0 Å². The van der Waals surface area contributed by atoms with Crippen molar-refractivity contribution in [2.75, 3.05) is 32.2 Å². The summed E-state index contributed by atoms with van der Waals surface area (Å²) in [7, 11) is 1.66. The van der Waals surface area contributed by atoms with Crippen molar-refractivity contribution in [1.29, 1.82) is 0 Å². The maximum absolute atomic E-state index is 5.84. The van der Waals surface area contributed by atoms with Gasteiger partial charge in [-0.05, 0) is 12.5 Å². The summed E-state index contributed by atoms with van der Waals surface area (Å²) < 4.78 is 10.5. The van der Waals surface area contributed by atoms with Crippen LogP contribution in [0.3, 0.4) is 0 Å². The molecular weight excluding hydrogens is 381 g/mol. The molecule has 0 spiro atoms. The van der Waals surface area contributed by atoms with Crippen molar-refractivity contribution < 1.29 is 9.47 Å². The van der Waals surface area contributed by atoms with Gasteiger partial charge in [-0.15, -0.1) is 30.6 Å². The molecule has 0 saturated carbocycles. The standard InChI is InChI=1S/C15H23N3O2.HI/c1-3-4-10-20-11-9-17-15(16)18-14-8-6-5-7-13(14)12-19-2;/h3,5-8H,1,4,9-12H2,2H3,(H3,16,17,18);1H. The molecule has 0 aliphatic carbocycles. The highest BCUT2D eigenvalue weighted by atomic mass is 127. The van der Waals surface area contributed by atoms with Gasteiger partial charge >= 0.3 is 0 Å². The highest BCUT2D eigenvalue weighted by Crippen LogP contribution is 2.15. The molecule has 21 heavy (non-hydrogen) atoms. The smallest absolute Gasteiger partial charge is 0.193 e. The molecule has 0 aliphatic heterocycles. The average Bonchev–Trinajstić information content (AvgIpc) is 2.45. The normalized spacial score (nSPS) is 10.8. The van der Waals surface area contributed by atoms with E-state index in [4.69, 9.17) is 15.2 Å². The van der Waals surface area contributed by atoms with Crippen LogP contribution in [-0.4, -0.2) is 32.8 Å². The van der Waals surface area contributed by atoms with Crippen LogP contribution in [-0.2, 0) is 16.1 Å². The Balaban J connectivity index is 0.00000400. The molecule has 0 radical (unpaired) electrons. The lowest BCUT2D eigenvalue weighted by molar-refractivity contribution is 0.146. The van der Waals surface area contributed by atoms with Gasteiger partial charge in [0, 0.05) is 18.4 Å². The number of nitrogens with zero attached hydrogens (tertiary/aromatic N) is 1. The van der Waals surface area contributed by atoms with Crippen molar-refractivity contribution in [1.82, 2.24) is 0 Å². The van der Waals surface area contributed by atoms with Crippen molar-refractivity contribution in [3.8, 4) is 0 Å². The van der Waals surface area contributed by atoms with Gasteiger partial charge in [0.2, 0.25) is 0 Å². The van der Waals surface area contributed by atoms with E-state index in [1.165, 1.54) is 0 Å². The molecule has 1 aromatic carbocycles. The van der Waals surface area contributed by atoms with Crippen LogP contribution in [0.5, 0.6) is 0 Å². The van der Waals surface area contributed by atoms with E-state index in [-0.39, 0.29) is 24.0 Å². The van der Waals surface area contributed by atoms with Gasteiger partial charge in [0.05, 0.1) is 26.4 Å². The second kappa shape index (κ2) is 12.6. The van der Waals surface area contributed by atoms with Crippen LogP contribution in [0, 0.1) is 0 Å². The summed E-state index contributed by atoms with van der Waals surface area (Å²) in [5.41, 5.74) is 7.78. The minimum absolute atomic E-state index is 0. The zero-order valence-corrected chi connectivity index (χ0v) is 14.7. The number of methoxy groups -OCH3 is 1. The first kappa shape index (κ1) is 19.9. The Morgan fingerprint density at radius 1 is 1.38 bits per heavy atom. The third kappa shape index (κ3) is 8.69. The van der Waals surface area contributed by atoms with Gasteiger partial charge in [-0.2, -0.15) is 0 Å². The van der Waals surface area contributed by atoms with Gasteiger partial charge in [0.15, 0.2) is 5.96 Å². The van der Waals surface area contributed by atoms with E-state index < -0.39 is 0 Å². The number of rotatable bonds is 9. The van der Waals surface area contributed by atoms with Gasteiger partial charge in [0.1, 0.15) is 0 Å². The van der Waals surface area contributed by atoms with Gasteiger partial charge in [-0.1, -0.05) is 24.3 Å². The molecule has 1 aromatic rings. The fourth-order valence-corrected chi connectivity index (χ4v) is 1.60. The van der Waals surface area contributed by atoms with Crippen LogP contribution in [0.25, 0.3) is 0 Å². The molecule has 3 N–H and O–H groups in total. The molecule has 0 amide bonds. The zero-order valence-electron chi connectivity index (χ0n) is 12.4. The largest absolute Gasteiger partial charge is 0.380 e. The van der Waals surface area contributed by atoms with Crippen LogP contribution in [0.15, 0.2) is 41.9 Å². The summed E-state index contributed by atoms with van der Waals surface area (Å²) in [6, 6.07) is 7.82. The van der Waals surface area contributed by atoms with Crippen LogP contribution < -0.4 is 11.1 Å². The van der Waals surface area contributed by atoms with Gasteiger partial charge < -0.3 is 20.5 Å². The number of hydrogen-bond donors (Lipinski definition) is 2. The molecule has 6 heteroatoms. The summed E-state index contributed by atoms with van der Waals surface area (Å²) >= 11 is 0. The SMILES string of the molecule is C=CCCOCCN=C(N)Nc1ccccc1COC.I. The van der Waals surface area contributed by atoms with E-state index in [2.05, 4.69) is 16.9 Å². The minimum Gasteiger partial charge on any atom is -0.380 e. The number of halogens is 1. The Kier molecular flexibility index (Phi) is 11.9. The lowest BCUT2D eigenvalue weighted by Crippen LogP contribution is -2.24. The minimum atomic E-state index is 0. The molecule has 5 nitrogen and oxygen atoms in total. The van der Waals surface area contributed by atoms with Crippen molar-refractivity contribution in [2.45, 2.75) is 13.0 Å². The quantitative estimate of drug-likeness (QED) is 0.218. The Bertz CT molecular complexity index is 439. The Labute approximate surface area is 143 Å². The van der Waals surface area contributed by atoms with E-state index in [1.54, 1.807) is 7.11 Å². The maximum atomic E-state index is 5.84. The van der Waals surface area contributed by atoms with E-state index in [9.17, 15) is 0 Å². The number of para-hydroxylation sites is 1. The summed E-state index contributed by atoms with van der Waals surface area (Å²) in [4.78, 5) is 4.21. The number of benzene rings is 1. The van der Waals surface area contributed by atoms with Crippen molar-refractivity contribution in [2.24, 2.45) is 10.7 Å². The number of guanidine groups is 1. The molecule has 0 heterocycles. The lowest BCUT2D eigenvalue weighted by Gasteiger charge is -2.10. The number of nitrogens with one attached hydrogen (secondary N) is 1. The van der Waals surface area contributed by atoms with Crippen LogP contribution in [0.2, 0.25) is 0 Å². The lowest BCUT2D eigenvalue weighted by atomic mass is 10.2. The molecule has 0 fully saturated rings. The van der Waals surface area contributed by atoms with Crippen molar-refractivity contribution in [3.05, 3.63) is 42.5 Å². The highest BCUT2D eigenvalue weighted by molar-refractivity contribution is 14.0. The molecule has 1 rings (SSSR count). The number of anilines is 1. The van der Waals surface area contributed by atoms with Crippen LogP contribution >= 0.6 is 24.0 Å². The van der Waals surface area contributed by atoms with Gasteiger partial charge in [0.25, 0.3) is 0 Å². The van der Waals surface area contributed by atoms with E-state index in [1.807, 2.05) is 30.3 Å². The summed E-state index contributed by atoms with van der Waals surface area (Å²) in [5.74, 6) is 0.376. The Morgan fingerprint density at radius 2 is 2.14 bits per heavy atom. The van der Waals surface area contributed by atoms with Gasteiger partial charge in [-0.3, -0.25) is 4.99 Å². The van der Waals surface area contributed by atoms with Crippen LogP contribution in [0.4, 0.5) is 5.69 Å². The third-order valence-electron chi connectivity index (χ3n) is 2.56. The summed E-state index contributed by atoms with van der Waals surface area (Å²) in [6.45, 7) is 5.91. The fraction of sp³-hybridized carbons (Fsp3) is 0.400. The second-order valence-corrected chi connectivity index (χ2v) is 4.17. The molecule has 118 valence electrons. The summed E-state index contributed by atoms with van der Waals surface area (Å²) in [6.07, 6.45) is 2.67. The first-order valence-corrected chi connectivity index (χ1v) is 6.60. The first-order valence-electron chi connectivity index (χ1n) is 6.60. The topological polar surface area (TPSA) is 68.9 Å². The Morgan fingerprint density at radius 3 is 2.86 bits per heavy atom. The maximum Gasteiger partial charge on any atom is 0.193 e. The van der Waals surface area contributed by atoms with E-state index in [0.717, 1.165) is 17.7 Å². The highest BCUT2D eigenvalue weighted by Gasteiger charge is 2.01. The zero-order chi connectivity index (χ0) is 14.6. The molecule has 0 atom stereocenters. The van der Waals surface area contributed by atoms with E-state index in [0.29, 0.717) is 32.3 Å². The molecule has 0 saturated heterocycles. The van der Waals surface area contributed by atoms with Crippen molar-refractivity contribution in [3.63, 3.8) is 0 Å². The molecule has 0 aliphatic rings. The molecule has 0 aromatic heterocycles. The third-order valence-corrected chi connectivity index (χ3v) is 2.56.